The summed E-state index contributed by atoms with van der Waals surface area (Å²) < 4.78 is 0. The number of hydrogen-bond acceptors (Lipinski definition) is 3. The second kappa shape index (κ2) is 1.75. The predicted molar refractivity (Wildman–Crippen MR) is 28.5 cm³/mol. The molecular formula is C4H7N3. The molecule has 0 unspecified atom stereocenters. The summed E-state index contributed by atoms with van der Waals surface area (Å²) in [5.74, 6) is 5.27. The SMILES string of the molecule is NN1C=NC=CC1. The smallest absolute Gasteiger partial charge is 0.105 e. The molecule has 7 heavy (non-hydrogen) atoms. The molecule has 1 aliphatic heterocycles. The van der Waals surface area contributed by atoms with Crippen molar-refractivity contribution in [1.29, 1.82) is 0 Å². The van der Waals surface area contributed by atoms with Gasteiger partial charge in [-0.2, -0.15) is 0 Å². The minimum atomic E-state index is 0.767. The van der Waals surface area contributed by atoms with E-state index >= 15 is 0 Å². The Kier molecular flexibility index (Phi) is 1.08. The molecule has 0 amide bonds. The zero-order chi connectivity index (χ0) is 5.11. The van der Waals surface area contributed by atoms with Crippen LogP contribution in [0.2, 0.25) is 0 Å². The van der Waals surface area contributed by atoms with Crippen LogP contribution in [-0.4, -0.2) is 17.9 Å². The lowest BCUT2D eigenvalue weighted by Crippen LogP contribution is -2.30. The van der Waals surface area contributed by atoms with Gasteiger partial charge in [0.15, 0.2) is 0 Å². The van der Waals surface area contributed by atoms with E-state index in [9.17, 15) is 0 Å². The molecule has 1 heterocycles. The van der Waals surface area contributed by atoms with Crippen molar-refractivity contribution in [3.8, 4) is 0 Å². The molecule has 0 fully saturated rings. The predicted octanol–water partition coefficient (Wildman–Crippen LogP) is -0.282. The van der Waals surface area contributed by atoms with Gasteiger partial charge in [0, 0.05) is 6.20 Å². The molecule has 0 aliphatic carbocycles. The highest BCUT2D eigenvalue weighted by Crippen LogP contribution is 1.83. The fraction of sp³-hybridized carbons (Fsp3) is 0.250. The third-order valence-electron chi connectivity index (χ3n) is 0.723. The Morgan fingerprint density at radius 2 is 2.57 bits per heavy atom. The van der Waals surface area contributed by atoms with Gasteiger partial charge in [0.1, 0.15) is 6.34 Å². The molecule has 0 aromatic rings. The van der Waals surface area contributed by atoms with E-state index in [0.717, 1.165) is 6.54 Å². The first-order valence-electron chi connectivity index (χ1n) is 2.09. The van der Waals surface area contributed by atoms with Gasteiger partial charge in [-0.3, -0.25) is 5.01 Å². The van der Waals surface area contributed by atoms with Crippen molar-refractivity contribution in [2.24, 2.45) is 10.8 Å². The van der Waals surface area contributed by atoms with Gasteiger partial charge in [-0.1, -0.05) is 0 Å². The normalized spacial score (nSPS) is 18.1. The van der Waals surface area contributed by atoms with Gasteiger partial charge >= 0.3 is 0 Å². The lowest BCUT2D eigenvalue weighted by Gasteiger charge is -2.09. The van der Waals surface area contributed by atoms with E-state index in [1.807, 2.05) is 6.08 Å². The first-order chi connectivity index (χ1) is 3.39. The molecule has 0 aromatic heterocycles. The molecule has 0 atom stereocenters. The van der Waals surface area contributed by atoms with Crippen molar-refractivity contribution >= 4 is 6.34 Å². The quantitative estimate of drug-likeness (QED) is 0.422. The zero-order valence-corrected chi connectivity index (χ0v) is 3.91. The van der Waals surface area contributed by atoms with Gasteiger partial charge in [-0.25, -0.2) is 10.8 Å². The highest BCUT2D eigenvalue weighted by atomic mass is 15.4. The minimum Gasteiger partial charge on any atom is -0.297 e. The molecule has 0 saturated heterocycles. The first-order valence-corrected chi connectivity index (χ1v) is 2.09. The average Bonchev–Trinajstić information content (AvgIpc) is 1.69. The van der Waals surface area contributed by atoms with Gasteiger partial charge in [0.25, 0.3) is 0 Å². The highest BCUT2D eigenvalue weighted by molar-refractivity contribution is 5.56. The summed E-state index contributed by atoms with van der Waals surface area (Å²) in [6, 6.07) is 0. The highest BCUT2D eigenvalue weighted by Gasteiger charge is 1.87. The molecule has 0 bridgehead atoms. The van der Waals surface area contributed by atoms with Crippen LogP contribution in [0.15, 0.2) is 17.3 Å². The maximum absolute atomic E-state index is 5.27. The van der Waals surface area contributed by atoms with Crippen molar-refractivity contribution in [2.45, 2.75) is 0 Å². The van der Waals surface area contributed by atoms with Crippen LogP contribution >= 0.6 is 0 Å². The molecule has 0 radical (unpaired) electrons. The van der Waals surface area contributed by atoms with Crippen LogP contribution in [0.4, 0.5) is 0 Å². The van der Waals surface area contributed by atoms with E-state index in [1.54, 1.807) is 12.5 Å². The van der Waals surface area contributed by atoms with Gasteiger partial charge in [-0.05, 0) is 6.08 Å². The van der Waals surface area contributed by atoms with E-state index in [-0.39, 0.29) is 0 Å². The number of nitrogens with two attached hydrogens (primary N) is 1. The molecule has 0 saturated carbocycles. The summed E-state index contributed by atoms with van der Waals surface area (Å²) in [4.78, 5) is 3.75. The summed E-state index contributed by atoms with van der Waals surface area (Å²) in [6.45, 7) is 0.767. The molecule has 0 spiro atoms. The second-order valence-corrected chi connectivity index (χ2v) is 1.35. The molecular weight excluding hydrogens is 90.1 g/mol. The number of rotatable bonds is 0. The summed E-state index contributed by atoms with van der Waals surface area (Å²) in [6.07, 6.45) is 5.20. The van der Waals surface area contributed by atoms with Crippen LogP contribution in [0.1, 0.15) is 0 Å². The van der Waals surface area contributed by atoms with Crippen molar-refractivity contribution < 1.29 is 0 Å². The Hall–Kier alpha value is -0.830. The lowest BCUT2D eigenvalue weighted by atomic mass is 10.5. The molecule has 2 N–H and O–H groups in total. The number of hydrazine groups is 1. The van der Waals surface area contributed by atoms with E-state index in [0.29, 0.717) is 0 Å². The summed E-state index contributed by atoms with van der Waals surface area (Å²) in [5, 5.41) is 1.51. The minimum absolute atomic E-state index is 0.767. The Balaban J connectivity index is 2.49. The molecule has 1 rings (SSSR count). The van der Waals surface area contributed by atoms with Gasteiger partial charge < -0.3 is 0 Å². The Morgan fingerprint density at radius 3 is 2.86 bits per heavy atom. The van der Waals surface area contributed by atoms with Gasteiger partial charge in [0.05, 0.1) is 6.54 Å². The van der Waals surface area contributed by atoms with Gasteiger partial charge in [0.2, 0.25) is 0 Å². The van der Waals surface area contributed by atoms with E-state index in [1.165, 1.54) is 5.01 Å². The fourth-order valence-corrected chi connectivity index (χ4v) is 0.401. The molecule has 3 heteroatoms. The van der Waals surface area contributed by atoms with Crippen LogP contribution in [0.5, 0.6) is 0 Å². The Morgan fingerprint density at radius 1 is 1.71 bits per heavy atom. The fourth-order valence-electron chi connectivity index (χ4n) is 0.401. The van der Waals surface area contributed by atoms with E-state index in [4.69, 9.17) is 5.84 Å². The number of nitrogens with zero attached hydrogens (tertiary/aromatic N) is 2. The zero-order valence-electron chi connectivity index (χ0n) is 3.91. The third-order valence-corrected chi connectivity index (χ3v) is 0.723. The van der Waals surface area contributed by atoms with Crippen molar-refractivity contribution in [3.05, 3.63) is 12.3 Å². The maximum Gasteiger partial charge on any atom is 0.105 e. The van der Waals surface area contributed by atoms with Crippen LogP contribution in [0.3, 0.4) is 0 Å². The molecule has 1 aliphatic rings. The van der Waals surface area contributed by atoms with Gasteiger partial charge in [-0.15, -0.1) is 0 Å². The van der Waals surface area contributed by atoms with Crippen molar-refractivity contribution in [1.82, 2.24) is 5.01 Å². The van der Waals surface area contributed by atoms with E-state index in [2.05, 4.69) is 4.99 Å². The maximum atomic E-state index is 5.27. The Bertz CT molecular complexity index is 106. The van der Waals surface area contributed by atoms with E-state index < -0.39 is 0 Å². The third kappa shape index (κ3) is 1.01. The lowest BCUT2D eigenvalue weighted by molar-refractivity contribution is 0.499. The first kappa shape index (κ1) is 4.33. The van der Waals surface area contributed by atoms with Crippen molar-refractivity contribution in [3.63, 3.8) is 0 Å². The average molecular weight is 97.1 g/mol. The Labute approximate surface area is 42.1 Å². The molecule has 38 valence electrons. The van der Waals surface area contributed by atoms with Crippen LogP contribution < -0.4 is 5.84 Å². The summed E-state index contributed by atoms with van der Waals surface area (Å²) >= 11 is 0. The van der Waals surface area contributed by atoms with Crippen LogP contribution in [-0.2, 0) is 0 Å². The topological polar surface area (TPSA) is 41.6 Å². The van der Waals surface area contributed by atoms with Crippen molar-refractivity contribution in [2.75, 3.05) is 6.54 Å². The standard InChI is InChI=1S/C4H7N3/c5-7-3-1-2-6-4-7/h1-2,4H,3,5H2. The molecule has 0 aromatic carbocycles. The largest absolute Gasteiger partial charge is 0.297 e. The summed E-state index contributed by atoms with van der Waals surface area (Å²) in [7, 11) is 0. The summed E-state index contributed by atoms with van der Waals surface area (Å²) in [5.41, 5.74) is 0. The molecule has 3 nitrogen and oxygen atoms in total. The van der Waals surface area contributed by atoms with Crippen LogP contribution in [0.25, 0.3) is 0 Å². The monoisotopic (exact) mass is 97.1 g/mol. The number of aliphatic imine (C=N–C) groups is 1. The second-order valence-electron chi connectivity index (χ2n) is 1.35. The number of hydrogen-bond donors (Lipinski definition) is 1. The van der Waals surface area contributed by atoms with Crippen LogP contribution in [0, 0.1) is 0 Å².